The molecule has 0 fully saturated rings. The molecule has 0 aromatic rings. The van der Waals surface area contributed by atoms with Crippen molar-refractivity contribution in [1.29, 1.82) is 0 Å². The number of hydrogen-bond donors (Lipinski definition) is 0. The molecule has 0 rings (SSSR count). The molecule has 0 aromatic carbocycles. The van der Waals surface area contributed by atoms with E-state index in [4.69, 9.17) is 11.5 Å². The van der Waals surface area contributed by atoms with E-state index in [0.717, 1.165) is 0 Å². The van der Waals surface area contributed by atoms with Crippen LogP contribution < -0.4 is 0 Å². The monoisotopic (exact) mass is 215 g/mol. The fraction of sp³-hybridized carbons (Fsp3) is 0. The van der Waals surface area contributed by atoms with Crippen LogP contribution >= 0.6 is 0 Å². The van der Waals surface area contributed by atoms with Crippen LogP contribution in [0.15, 0.2) is 0 Å². The normalized spacial score (nSPS) is 2.33. The zero-order valence-electron chi connectivity index (χ0n) is 2.32. The van der Waals surface area contributed by atoms with Gasteiger partial charge in [0, 0.05) is 0 Å². The zero-order chi connectivity index (χ0) is 6.00. The molecule has 0 unspecified atom stereocenters. The second kappa shape index (κ2) is 159. The molecule has 0 bridgehead atoms. The first kappa shape index (κ1) is 15.8. The maximum atomic E-state index is 8.12. The van der Waals surface area contributed by atoms with Gasteiger partial charge < -0.3 is 0 Å². The third-order valence-electron chi connectivity index (χ3n) is 0. The van der Waals surface area contributed by atoms with E-state index in [1.807, 2.05) is 15.9 Å². The fourth-order valence-electron chi connectivity index (χ4n) is 0. The third-order valence-corrected chi connectivity index (χ3v) is 0. The SMILES string of the molecule is [O]=[Co].[O]=[Cr].[O]=[Fe]. The minimum absolute atomic E-state index is 1.38. The summed E-state index contributed by atoms with van der Waals surface area (Å²) < 4.78 is 24.1. The van der Waals surface area contributed by atoms with Gasteiger partial charge >= 0.3 is 59.3 Å². The van der Waals surface area contributed by atoms with E-state index in [1.165, 1.54) is 16.2 Å². The van der Waals surface area contributed by atoms with Crippen LogP contribution in [0.3, 0.4) is 0 Å². The maximum absolute atomic E-state index is 8.12. The summed E-state index contributed by atoms with van der Waals surface area (Å²) in [5.74, 6) is 0. The molecule has 0 N–H and O–H groups in total. The van der Waals surface area contributed by atoms with E-state index < -0.39 is 0 Å². The molecule has 0 heterocycles. The Labute approximate surface area is 59.3 Å². The summed E-state index contributed by atoms with van der Waals surface area (Å²) in [4.78, 5) is 0. The van der Waals surface area contributed by atoms with Crippen LogP contribution in [0, 0.1) is 0 Å². The Morgan fingerprint density at radius 3 is 1.17 bits per heavy atom. The van der Waals surface area contributed by atoms with Gasteiger partial charge in [0.05, 0.1) is 0 Å². The zero-order valence-corrected chi connectivity index (χ0v) is 5.74. The van der Waals surface area contributed by atoms with E-state index in [0.29, 0.717) is 0 Å². The first-order valence-corrected chi connectivity index (χ1v) is 1.84. The van der Waals surface area contributed by atoms with E-state index in [2.05, 4.69) is 15.7 Å². The van der Waals surface area contributed by atoms with Crippen molar-refractivity contribution in [3.05, 3.63) is 0 Å². The van der Waals surface area contributed by atoms with Crippen molar-refractivity contribution in [2.75, 3.05) is 0 Å². The molecule has 41 valence electrons. The quantitative estimate of drug-likeness (QED) is 0.518. The molecule has 3 nitrogen and oxygen atoms in total. The summed E-state index contributed by atoms with van der Waals surface area (Å²) in [7, 11) is 0. The predicted molar refractivity (Wildman–Crippen MR) is 2.06 cm³/mol. The molecule has 0 saturated heterocycles. The molecule has 0 atom stereocenters. The van der Waals surface area contributed by atoms with Crippen molar-refractivity contribution in [2.24, 2.45) is 0 Å². The van der Waals surface area contributed by atoms with E-state index in [9.17, 15) is 0 Å². The van der Waals surface area contributed by atoms with Crippen molar-refractivity contribution in [3.63, 3.8) is 0 Å². The van der Waals surface area contributed by atoms with Gasteiger partial charge in [0.15, 0.2) is 0 Å². The molecule has 0 radical (unpaired) electrons. The molecular weight excluding hydrogens is 215 g/mol. The van der Waals surface area contributed by atoms with Crippen molar-refractivity contribution >= 4 is 0 Å². The molecule has 0 amide bonds. The van der Waals surface area contributed by atoms with Crippen molar-refractivity contribution in [3.8, 4) is 0 Å². The van der Waals surface area contributed by atoms with Gasteiger partial charge in [0.2, 0.25) is 0 Å². The average Bonchev–Trinajstić information content (AvgIpc) is 1.81. The summed E-state index contributed by atoms with van der Waals surface area (Å²) in [6, 6.07) is 0. The third kappa shape index (κ3) is 84.6. The van der Waals surface area contributed by atoms with Crippen molar-refractivity contribution in [1.82, 2.24) is 0 Å². The topological polar surface area (TPSA) is 51.2 Å². The Morgan fingerprint density at radius 1 is 1.17 bits per heavy atom. The van der Waals surface area contributed by atoms with E-state index >= 15 is 0 Å². The van der Waals surface area contributed by atoms with Gasteiger partial charge in [-0.3, -0.25) is 0 Å². The Bertz CT molecular complexity index is 15.5. The Hall–Kier alpha value is 0.958. The minimum atomic E-state index is 1.38. The Morgan fingerprint density at radius 2 is 1.17 bits per heavy atom. The van der Waals surface area contributed by atoms with Crippen molar-refractivity contribution in [2.45, 2.75) is 0 Å². The summed E-state index contributed by atoms with van der Waals surface area (Å²) in [6.45, 7) is 0. The van der Waals surface area contributed by atoms with Gasteiger partial charge in [-0.2, -0.15) is 0 Å². The van der Waals surface area contributed by atoms with Gasteiger partial charge in [0.1, 0.15) is 0 Å². The number of rotatable bonds is 0. The van der Waals surface area contributed by atoms with Crippen LogP contribution in [0.4, 0.5) is 0 Å². The van der Waals surface area contributed by atoms with Gasteiger partial charge in [-0.05, 0) is 0 Å². The molecule has 6 heteroatoms. The van der Waals surface area contributed by atoms with Gasteiger partial charge in [-0.15, -0.1) is 0 Å². The van der Waals surface area contributed by atoms with E-state index in [1.54, 1.807) is 0 Å². The molecule has 0 saturated carbocycles. The molecule has 0 aromatic heterocycles. The molecule has 0 aliphatic rings. The van der Waals surface area contributed by atoms with Crippen LogP contribution in [0.25, 0.3) is 0 Å². The summed E-state index contributed by atoms with van der Waals surface area (Å²) in [5, 5.41) is 0. The summed E-state index contributed by atoms with van der Waals surface area (Å²) >= 11 is 5.69. The Balaban J connectivity index is -0.0000000225. The van der Waals surface area contributed by atoms with Gasteiger partial charge in [-0.25, -0.2) is 0 Å². The van der Waals surface area contributed by atoms with Gasteiger partial charge in [-0.1, -0.05) is 0 Å². The van der Waals surface area contributed by atoms with Crippen molar-refractivity contribution < 1.29 is 59.3 Å². The van der Waals surface area contributed by atoms with Crippen LogP contribution in [-0.4, -0.2) is 0 Å². The molecule has 0 spiro atoms. The van der Waals surface area contributed by atoms with Crippen LogP contribution in [-0.2, 0) is 59.3 Å². The van der Waals surface area contributed by atoms with Crippen LogP contribution in [0.5, 0.6) is 0 Å². The average molecular weight is 215 g/mol. The van der Waals surface area contributed by atoms with E-state index in [-0.39, 0.29) is 0 Å². The van der Waals surface area contributed by atoms with Crippen LogP contribution in [0.1, 0.15) is 0 Å². The second-order valence-corrected chi connectivity index (χ2v) is 0. The van der Waals surface area contributed by atoms with Crippen LogP contribution in [0.2, 0.25) is 0 Å². The summed E-state index contributed by atoms with van der Waals surface area (Å²) in [6.07, 6.45) is 0. The number of hydrogen-bond acceptors (Lipinski definition) is 3. The predicted octanol–water partition coefficient (Wildman–Crippen LogP) is -0.364. The standard InChI is InChI=1S/Co.Cr.Fe.3O. The summed E-state index contributed by atoms with van der Waals surface area (Å²) in [5.41, 5.74) is 0. The molecule has 0 aliphatic heterocycles. The first-order chi connectivity index (χ1) is 3.00. The van der Waals surface area contributed by atoms with Gasteiger partial charge in [0.25, 0.3) is 0 Å². The Kier molecular flexibility index (Phi) is 419. The fourth-order valence-corrected chi connectivity index (χ4v) is 0. The molecular formula is CoCrFeO3. The molecule has 0 aliphatic carbocycles. The second-order valence-electron chi connectivity index (χ2n) is 0. The first-order valence-electron chi connectivity index (χ1n) is 0.447. The molecule has 6 heavy (non-hydrogen) atoms.